The molecule has 74 valence electrons. The number of hydrogen-bond donors (Lipinski definition) is 1. The summed E-state index contributed by atoms with van der Waals surface area (Å²) in [5.74, 6) is 0.257. The van der Waals surface area contributed by atoms with Crippen molar-refractivity contribution in [2.24, 2.45) is 5.41 Å². The van der Waals surface area contributed by atoms with Gasteiger partial charge in [-0.15, -0.1) is 0 Å². The molecule has 2 aliphatic rings. The summed E-state index contributed by atoms with van der Waals surface area (Å²) in [5.41, 5.74) is -0.0116. The molecule has 1 saturated heterocycles. The minimum absolute atomic E-state index is 0.0116. The number of rotatable bonds is 3. The Labute approximate surface area is 79.5 Å². The SMILES string of the molecule is CN1CCC1CNC(=O)C1(C)CC1. The highest BCUT2D eigenvalue weighted by molar-refractivity contribution is 5.84. The molecule has 1 unspecified atom stereocenters. The lowest BCUT2D eigenvalue weighted by Gasteiger charge is -2.38. The fourth-order valence-corrected chi connectivity index (χ4v) is 1.67. The van der Waals surface area contributed by atoms with Gasteiger partial charge in [-0.2, -0.15) is 0 Å². The van der Waals surface area contributed by atoms with Crippen LogP contribution in [0.3, 0.4) is 0 Å². The summed E-state index contributed by atoms with van der Waals surface area (Å²) in [6.07, 6.45) is 3.37. The molecule has 0 bridgehead atoms. The molecule has 1 aliphatic carbocycles. The molecule has 2 rings (SSSR count). The maximum atomic E-state index is 11.5. The Morgan fingerprint density at radius 2 is 2.31 bits per heavy atom. The second kappa shape index (κ2) is 2.98. The van der Waals surface area contributed by atoms with Crippen LogP contribution in [0.5, 0.6) is 0 Å². The van der Waals surface area contributed by atoms with Gasteiger partial charge in [0.05, 0.1) is 0 Å². The molecule has 3 heteroatoms. The molecule has 0 radical (unpaired) electrons. The number of hydrogen-bond acceptors (Lipinski definition) is 2. The molecule has 1 atom stereocenters. The average Bonchev–Trinajstić information content (AvgIpc) is 2.82. The summed E-state index contributed by atoms with van der Waals surface area (Å²) in [4.78, 5) is 13.8. The van der Waals surface area contributed by atoms with E-state index in [1.807, 2.05) is 6.92 Å². The van der Waals surface area contributed by atoms with Crippen molar-refractivity contribution in [1.29, 1.82) is 0 Å². The number of nitrogens with zero attached hydrogens (tertiary/aromatic N) is 1. The van der Waals surface area contributed by atoms with E-state index in [0.29, 0.717) is 6.04 Å². The predicted octanol–water partition coefficient (Wildman–Crippen LogP) is 0.607. The van der Waals surface area contributed by atoms with Crippen molar-refractivity contribution < 1.29 is 4.79 Å². The van der Waals surface area contributed by atoms with Gasteiger partial charge in [-0.05, 0) is 32.9 Å². The number of likely N-dealkylation sites (tertiary alicyclic amines) is 1. The Morgan fingerprint density at radius 3 is 2.69 bits per heavy atom. The van der Waals surface area contributed by atoms with Crippen LogP contribution in [-0.4, -0.2) is 37.0 Å². The van der Waals surface area contributed by atoms with Crippen LogP contribution < -0.4 is 5.32 Å². The average molecular weight is 182 g/mol. The van der Waals surface area contributed by atoms with Crippen LogP contribution in [0.1, 0.15) is 26.2 Å². The van der Waals surface area contributed by atoms with Gasteiger partial charge in [0, 0.05) is 18.0 Å². The van der Waals surface area contributed by atoms with Crippen LogP contribution in [-0.2, 0) is 4.79 Å². The zero-order valence-corrected chi connectivity index (χ0v) is 8.47. The molecule has 3 nitrogen and oxygen atoms in total. The molecule has 1 N–H and O–H groups in total. The highest BCUT2D eigenvalue weighted by Crippen LogP contribution is 2.44. The van der Waals surface area contributed by atoms with Gasteiger partial charge in [0.25, 0.3) is 0 Å². The Balaban J connectivity index is 1.70. The van der Waals surface area contributed by atoms with Gasteiger partial charge < -0.3 is 10.2 Å². The van der Waals surface area contributed by atoms with E-state index in [1.165, 1.54) is 13.0 Å². The van der Waals surface area contributed by atoms with Crippen molar-refractivity contribution in [1.82, 2.24) is 10.2 Å². The van der Waals surface area contributed by atoms with Crippen LogP contribution in [0.25, 0.3) is 0 Å². The first-order chi connectivity index (χ1) is 6.12. The van der Waals surface area contributed by atoms with E-state index in [0.717, 1.165) is 19.4 Å². The van der Waals surface area contributed by atoms with Crippen molar-refractivity contribution in [2.45, 2.75) is 32.2 Å². The molecular formula is C10H18N2O. The van der Waals surface area contributed by atoms with Crippen molar-refractivity contribution in [3.63, 3.8) is 0 Å². The second-order valence-electron chi connectivity index (χ2n) is 4.69. The predicted molar refractivity (Wildman–Crippen MR) is 51.4 cm³/mol. The largest absolute Gasteiger partial charge is 0.354 e. The third-order valence-corrected chi connectivity index (χ3v) is 3.48. The van der Waals surface area contributed by atoms with Crippen LogP contribution in [0.15, 0.2) is 0 Å². The summed E-state index contributed by atoms with van der Waals surface area (Å²) >= 11 is 0. The van der Waals surface area contributed by atoms with Gasteiger partial charge in [0.1, 0.15) is 0 Å². The Bertz CT molecular complexity index is 223. The van der Waals surface area contributed by atoms with E-state index >= 15 is 0 Å². The molecule has 1 amide bonds. The molecule has 0 aromatic rings. The maximum absolute atomic E-state index is 11.5. The van der Waals surface area contributed by atoms with E-state index in [1.54, 1.807) is 0 Å². The zero-order chi connectivity index (χ0) is 9.47. The molecule has 13 heavy (non-hydrogen) atoms. The highest BCUT2D eigenvalue weighted by atomic mass is 16.2. The Hall–Kier alpha value is -0.570. The fraction of sp³-hybridized carbons (Fsp3) is 0.900. The number of amides is 1. The first kappa shape index (κ1) is 9.00. The topological polar surface area (TPSA) is 32.3 Å². The smallest absolute Gasteiger partial charge is 0.225 e. The van der Waals surface area contributed by atoms with E-state index in [-0.39, 0.29) is 11.3 Å². The van der Waals surface area contributed by atoms with E-state index in [9.17, 15) is 4.79 Å². The van der Waals surface area contributed by atoms with E-state index < -0.39 is 0 Å². The van der Waals surface area contributed by atoms with Crippen molar-refractivity contribution in [3.8, 4) is 0 Å². The summed E-state index contributed by atoms with van der Waals surface area (Å²) < 4.78 is 0. The molecule has 2 fully saturated rings. The van der Waals surface area contributed by atoms with Gasteiger partial charge in [0.15, 0.2) is 0 Å². The second-order valence-corrected chi connectivity index (χ2v) is 4.69. The molecule has 1 aliphatic heterocycles. The first-order valence-electron chi connectivity index (χ1n) is 5.10. The Morgan fingerprint density at radius 1 is 1.62 bits per heavy atom. The van der Waals surface area contributed by atoms with Crippen LogP contribution >= 0.6 is 0 Å². The summed E-state index contributed by atoms with van der Waals surface area (Å²) in [5, 5.41) is 3.04. The monoisotopic (exact) mass is 182 g/mol. The highest BCUT2D eigenvalue weighted by Gasteiger charge is 2.44. The van der Waals surface area contributed by atoms with Gasteiger partial charge in [-0.1, -0.05) is 6.92 Å². The lowest BCUT2D eigenvalue weighted by atomic mass is 10.0. The van der Waals surface area contributed by atoms with Gasteiger partial charge in [-0.25, -0.2) is 0 Å². The number of carbonyl (C=O) groups excluding carboxylic acids is 1. The minimum Gasteiger partial charge on any atom is -0.354 e. The van der Waals surface area contributed by atoms with Gasteiger partial charge in [-0.3, -0.25) is 4.79 Å². The third kappa shape index (κ3) is 1.70. The normalized spacial score (nSPS) is 30.8. The van der Waals surface area contributed by atoms with Crippen LogP contribution in [0, 0.1) is 5.41 Å². The summed E-state index contributed by atoms with van der Waals surface area (Å²) in [6, 6.07) is 0.589. The van der Waals surface area contributed by atoms with Crippen molar-refractivity contribution >= 4 is 5.91 Å². The third-order valence-electron chi connectivity index (χ3n) is 3.48. The number of nitrogens with one attached hydrogen (secondary N) is 1. The van der Waals surface area contributed by atoms with E-state index in [4.69, 9.17) is 0 Å². The molecule has 1 saturated carbocycles. The molecule has 0 spiro atoms. The van der Waals surface area contributed by atoms with Crippen molar-refractivity contribution in [3.05, 3.63) is 0 Å². The van der Waals surface area contributed by atoms with Crippen LogP contribution in [0.4, 0.5) is 0 Å². The number of carbonyl (C=O) groups is 1. The Kier molecular flexibility index (Phi) is 2.06. The molecule has 0 aromatic heterocycles. The summed E-state index contributed by atoms with van der Waals surface area (Å²) in [7, 11) is 2.11. The molecule has 1 heterocycles. The van der Waals surface area contributed by atoms with E-state index in [2.05, 4.69) is 17.3 Å². The minimum atomic E-state index is -0.0116. The summed E-state index contributed by atoms with van der Waals surface area (Å²) in [6.45, 7) is 4.07. The van der Waals surface area contributed by atoms with Crippen molar-refractivity contribution in [2.75, 3.05) is 20.1 Å². The van der Waals surface area contributed by atoms with Gasteiger partial charge >= 0.3 is 0 Å². The lowest BCUT2D eigenvalue weighted by Crippen LogP contribution is -2.51. The lowest BCUT2D eigenvalue weighted by molar-refractivity contribution is -0.126. The molecule has 0 aromatic carbocycles. The molecular weight excluding hydrogens is 164 g/mol. The first-order valence-corrected chi connectivity index (χ1v) is 5.10. The zero-order valence-electron chi connectivity index (χ0n) is 8.47. The quantitative estimate of drug-likeness (QED) is 0.693. The fourth-order valence-electron chi connectivity index (χ4n) is 1.67. The van der Waals surface area contributed by atoms with Crippen LogP contribution in [0.2, 0.25) is 0 Å². The van der Waals surface area contributed by atoms with Gasteiger partial charge in [0.2, 0.25) is 5.91 Å². The standard InChI is InChI=1S/C10H18N2O/c1-10(4-5-10)9(13)11-7-8-3-6-12(8)2/h8H,3-7H2,1-2H3,(H,11,13). The maximum Gasteiger partial charge on any atom is 0.225 e. The number of likely N-dealkylation sites (N-methyl/N-ethyl adjacent to an activating group) is 1.